The molecule has 1 N–H and O–H groups in total. The summed E-state index contributed by atoms with van der Waals surface area (Å²) < 4.78 is 17.0. The van der Waals surface area contributed by atoms with Crippen LogP contribution in [-0.2, 0) is 16.0 Å². The Hall–Kier alpha value is -4.27. The molecule has 2 aromatic carbocycles. The maximum atomic E-state index is 13.7. The number of benzene rings is 2. The summed E-state index contributed by atoms with van der Waals surface area (Å²) in [4.78, 5) is 41.0. The van der Waals surface area contributed by atoms with Crippen LogP contribution in [0.2, 0.25) is 0 Å². The third-order valence-electron chi connectivity index (χ3n) is 7.32. The average Bonchev–Trinajstić information content (AvgIpc) is 3.61. The highest BCUT2D eigenvalue weighted by Crippen LogP contribution is 2.44. The van der Waals surface area contributed by atoms with Crippen LogP contribution in [0.15, 0.2) is 59.0 Å². The fraction of sp³-hybridized carbons (Fsp3) is 0.387. The Kier molecular flexibility index (Phi) is 7.31. The van der Waals surface area contributed by atoms with E-state index in [4.69, 9.17) is 13.9 Å². The SMILES string of the molecule is Cc1cc(CN(C(=O)OCC2c3ccccc3-c3ccccc32)[C@H]2CCN(C(=O)OC(C)(C)C)C2)oc1C(=O)O. The van der Waals surface area contributed by atoms with Gasteiger partial charge in [0, 0.05) is 24.6 Å². The Bertz CT molecular complexity index is 1390. The lowest BCUT2D eigenvalue weighted by atomic mass is 9.98. The molecule has 1 fully saturated rings. The van der Waals surface area contributed by atoms with Crippen molar-refractivity contribution in [1.82, 2.24) is 9.80 Å². The fourth-order valence-electron chi connectivity index (χ4n) is 5.51. The molecule has 0 unspecified atom stereocenters. The van der Waals surface area contributed by atoms with Crippen LogP contribution >= 0.6 is 0 Å². The first-order chi connectivity index (χ1) is 19.0. The van der Waals surface area contributed by atoms with Crippen molar-refractivity contribution in [3.63, 3.8) is 0 Å². The molecule has 9 heteroatoms. The predicted octanol–water partition coefficient (Wildman–Crippen LogP) is 6.05. The van der Waals surface area contributed by atoms with Crippen LogP contribution in [0.1, 0.15) is 66.1 Å². The summed E-state index contributed by atoms with van der Waals surface area (Å²) in [6.07, 6.45) is -0.470. The topological polar surface area (TPSA) is 110 Å². The lowest BCUT2D eigenvalue weighted by Gasteiger charge is -2.29. The number of fused-ring (bicyclic) bond motifs is 3. The number of hydrogen-bond acceptors (Lipinski definition) is 6. The van der Waals surface area contributed by atoms with Crippen molar-refractivity contribution in [3.8, 4) is 11.1 Å². The van der Waals surface area contributed by atoms with E-state index in [1.54, 1.807) is 38.7 Å². The molecular formula is C31H34N2O7. The Morgan fingerprint density at radius 1 is 1.05 bits per heavy atom. The summed E-state index contributed by atoms with van der Waals surface area (Å²) in [5, 5.41) is 9.43. The lowest BCUT2D eigenvalue weighted by Crippen LogP contribution is -2.43. The Morgan fingerprint density at radius 3 is 2.25 bits per heavy atom. The van der Waals surface area contributed by atoms with E-state index < -0.39 is 23.8 Å². The second-order valence-corrected chi connectivity index (χ2v) is 11.3. The van der Waals surface area contributed by atoms with Gasteiger partial charge in [0.25, 0.3) is 0 Å². The number of carboxylic acid groups (broad SMARTS) is 1. The van der Waals surface area contributed by atoms with Gasteiger partial charge in [-0.1, -0.05) is 48.5 Å². The normalized spacial score (nSPS) is 16.4. The van der Waals surface area contributed by atoms with Gasteiger partial charge in [0.15, 0.2) is 0 Å². The van der Waals surface area contributed by atoms with E-state index in [0.717, 1.165) is 22.3 Å². The summed E-state index contributed by atoms with van der Waals surface area (Å²) in [6, 6.07) is 17.5. The molecule has 9 nitrogen and oxygen atoms in total. The number of furan rings is 1. The van der Waals surface area contributed by atoms with E-state index in [-0.39, 0.29) is 37.4 Å². The zero-order valence-electron chi connectivity index (χ0n) is 23.2. The first-order valence-corrected chi connectivity index (χ1v) is 13.4. The summed E-state index contributed by atoms with van der Waals surface area (Å²) in [5.74, 6) is -1.11. The number of amides is 2. The molecule has 0 saturated carbocycles. The van der Waals surface area contributed by atoms with Gasteiger partial charge in [0.2, 0.25) is 5.76 Å². The number of carboxylic acids is 1. The second kappa shape index (κ2) is 10.7. The second-order valence-electron chi connectivity index (χ2n) is 11.3. The smallest absolute Gasteiger partial charge is 0.410 e. The van der Waals surface area contributed by atoms with Gasteiger partial charge < -0.3 is 23.9 Å². The lowest BCUT2D eigenvalue weighted by molar-refractivity contribution is 0.0270. The number of rotatable bonds is 6. The molecule has 0 radical (unpaired) electrons. The molecule has 1 aromatic heterocycles. The quantitative estimate of drug-likeness (QED) is 0.401. The van der Waals surface area contributed by atoms with Gasteiger partial charge in [-0.3, -0.25) is 4.90 Å². The number of hydrogen-bond donors (Lipinski definition) is 1. The highest BCUT2D eigenvalue weighted by atomic mass is 16.6. The largest absolute Gasteiger partial charge is 0.475 e. The molecule has 1 aliphatic heterocycles. The number of nitrogens with zero attached hydrogens (tertiary/aromatic N) is 2. The molecule has 2 aliphatic rings. The molecule has 0 spiro atoms. The van der Waals surface area contributed by atoms with Gasteiger partial charge >= 0.3 is 18.2 Å². The molecule has 40 heavy (non-hydrogen) atoms. The van der Waals surface area contributed by atoms with Crippen molar-refractivity contribution >= 4 is 18.2 Å². The maximum absolute atomic E-state index is 13.7. The molecule has 1 atom stereocenters. The number of likely N-dealkylation sites (tertiary alicyclic amines) is 1. The Balaban J connectivity index is 1.36. The Labute approximate surface area is 233 Å². The van der Waals surface area contributed by atoms with Crippen LogP contribution in [0.5, 0.6) is 0 Å². The molecule has 2 heterocycles. The van der Waals surface area contributed by atoms with Gasteiger partial charge in [-0.25, -0.2) is 14.4 Å². The van der Waals surface area contributed by atoms with Crippen LogP contribution in [0.4, 0.5) is 9.59 Å². The van der Waals surface area contributed by atoms with Gasteiger partial charge in [0.05, 0.1) is 12.6 Å². The minimum absolute atomic E-state index is 0.0115. The molecule has 1 aliphatic carbocycles. The number of carbonyl (C=O) groups is 3. The summed E-state index contributed by atoms with van der Waals surface area (Å²) in [5.41, 5.74) is 4.30. The zero-order chi connectivity index (χ0) is 28.6. The van der Waals surface area contributed by atoms with Crippen molar-refractivity contribution in [2.24, 2.45) is 0 Å². The summed E-state index contributed by atoms with van der Waals surface area (Å²) >= 11 is 0. The number of aryl methyl sites for hydroxylation is 1. The van der Waals surface area contributed by atoms with Crippen molar-refractivity contribution in [2.75, 3.05) is 19.7 Å². The molecule has 0 bridgehead atoms. The summed E-state index contributed by atoms with van der Waals surface area (Å²) in [7, 11) is 0. The maximum Gasteiger partial charge on any atom is 0.410 e. The van der Waals surface area contributed by atoms with E-state index >= 15 is 0 Å². The standard InChI is InChI=1S/C31H34N2O7/c1-19-15-21(39-27(19)28(34)35)17-33(20-13-14-32(16-20)29(36)40-31(2,3)4)30(37)38-18-26-24-11-7-5-9-22(24)23-10-6-8-12-25(23)26/h5-12,15,20,26H,13-14,16-18H2,1-4H3,(H,34,35)/t20-/m0/s1. The molecular weight excluding hydrogens is 512 g/mol. The monoisotopic (exact) mass is 546 g/mol. The molecule has 3 aromatic rings. The average molecular weight is 547 g/mol. The molecule has 1 saturated heterocycles. The molecule has 5 rings (SSSR count). The van der Waals surface area contributed by atoms with Crippen LogP contribution < -0.4 is 0 Å². The number of ether oxygens (including phenoxy) is 2. The first-order valence-electron chi connectivity index (χ1n) is 13.4. The van der Waals surface area contributed by atoms with Gasteiger partial charge in [0.1, 0.15) is 18.0 Å². The van der Waals surface area contributed by atoms with Crippen LogP contribution in [0.25, 0.3) is 11.1 Å². The zero-order valence-corrected chi connectivity index (χ0v) is 23.2. The van der Waals surface area contributed by atoms with E-state index in [9.17, 15) is 19.5 Å². The van der Waals surface area contributed by atoms with Crippen LogP contribution in [-0.4, -0.2) is 64.4 Å². The minimum atomic E-state index is -1.17. The highest BCUT2D eigenvalue weighted by Gasteiger charge is 2.37. The van der Waals surface area contributed by atoms with E-state index in [2.05, 4.69) is 24.3 Å². The third-order valence-corrected chi connectivity index (χ3v) is 7.32. The third kappa shape index (κ3) is 5.54. The van der Waals surface area contributed by atoms with Crippen molar-refractivity contribution in [1.29, 1.82) is 0 Å². The van der Waals surface area contributed by atoms with Gasteiger partial charge in [-0.15, -0.1) is 0 Å². The number of carbonyl (C=O) groups excluding carboxylic acids is 2. The van der Waals surface area contributed by atoms with Gasteiger partial charge in [-0.05, 0) is 62.4 Å². The molecule has 2 amide bonds. The Morgan fingerprint density at radius 2 is 1.68 bits per heavy atom. The predicted molar refractivity (Wildman–Crippen MR) is 147 cm³/mol. The minimum Gasteiger partial charge on any atom is -0.475 e. The molecule has 210 valence electrons. The van der Waals surface area contributed by atoms with Gasteiger partial charge in [-0.2, -0.15) is 0 Å². The van der Waals surface area contributed by atoms with Crippen molar-refractivity contribution in [3.05, 3.63) is 82.8 Å². The summed E-state index contributed by atoms with van der Waals surface area (Å²) in [6.45, 7) is 7.91. The van der Waals surface area contributed by atoms with Crippen molar-refractivity contribution < 1.29 is 33.4 Å². The van der Waals surface area contributed by atoms with Crippen molar-refractivity contribution in [2.45, 2.75) is 58.2 Å². The highest BCUT2D eigenvalue weighted by molar-refractivity contribution is 5.86. The first kappa shape index (κ1) is 27.3. The fourth-order valence-corrected chi connectivity index (χ4v) is 5.51. The number of aromatic carboxylic acids is 1. The van der Waals surface area contributed by atoms with E-state index in [1.165, 1.54) is 4.90 Å². The van der Waals surface area contributed by atoms with E-state index in [0.29, 0.717) is 24.3 Å². The van der Waals surface area contributed by atoms with E-state index in [1.807, 2.05) is 24.3 Å². The van der Waals surface area contributed by atoms with Crippen LogP contribution in [0.3, 0.4) is 0 Å². The van der Waals surface area contributed by atoms with Crippen LogP contribution in [0, 0.1) is 6.92 Å².